The minimum atomic E-state index is -0.0476. The van der Waals surface area contributed by atoms with Crippen LogP contribution in [0.25, 0.3) is 0 Å². The smallest absolute Gasteiger partial charge is 0.308 e. The summed E-state index contributed by atoms with van der Waals surface area (Å²) in [7, 11) is 1.51. The molecule has 142 valence electrons. The molecule has 0 N–H and O–H groups in total. The molecular formula is C23H32O3. The Hall–Kier alpha value is -1.38. The summed E-state index contributed by atoms with van der Waals surface area (Å²) in [5.41, 5.74) is 1.66. The Kier molecular flexibility index (Phi) is 4.20. The van der Waals surface area contributed by atoms with E-state index in [0.29, 0.717) is 23.7 Å². The largest absolute Gasteiger partial charge is 0.469 e. The van der Waals surface area contributed by atoms with Gasteiger partial charge >= 0.3 is 5.97 Å². The first-order valence-corrected chi connectivity index (χ1v) is 10.3. The van der Waals surface area contributed by atoms with Crippen LogP contribution >= 0.6 is 0 Å². The van der Waals surface area contributed by atoms with Gasteiger partial charge in [-0.05, 0) is 79.8 Å². The Balaban J connectivity index is 1.62. The van der Waals surface area contributed by atoms with Gasteiger partial charge in [0.05, 0.1) is 13.0 Å². The maximum atomic E-state index is 12.2. The lowest BCUT2D eigenvalue weighted by Gasteiger charge is -2.57. The van der Waals surface area contributed by atoms with E-state index in [0.717, 1.165) is 12.8 Å². The van der Waals surface area contributed by atoms with Gasteiger partial charge in [0.15, 0.2) is 5.78 Å². The highest BCUT2D eigenvalue weighted by Gasteiger charge is 2.59. The molecule has 0 bridgehead atoms. The highest BCUT2D eigenvalue weighted by Crippen LogP contribution is 2.66. The van der Waals surface area contributed by atoms with Crippen molar-refractivity contribution >= 4 is 11.8 Å². The highest BCUT2D eigenvalue weighted by molar-refractivity contribution is 6.01. The molecule has 0 spiro atoms. The monoisotopic (exact) mass is 356 g/mol. The molecule has 3 heteroatoms. The van der Waals surface area contributed by atoms with E-state index in [1.54, 1.807) is 6.08 Å². The van der Waals surface area contributed by atoms with Crippen molar-refractivity contribution in [1.82, 2.24) is 0 Å². The van der Waals surface area contributed by atoms with Crippen molar-refractivity contribution < 1.29 is 14.3 Å². The molecule has 0 radical (unpaired) electrons. The first kappa shape index (κ1) is 18.0. The van der Waals surface area contributed by atoms with Gasteiger partial charge < -0.3 is 4.74 Å². The molecule has 3 saturated carbocycles. The van der Waals surface area contributed by atoms with Crippen LogP contribution in [0.2, 0.25) is 0 Å². The number of ether oxygens (including phenoxy) is 1. The average Bonchev–Trinajstić information content (AvgIpc) is 2.98. The van der Waals surface area contributed by atoms with E-state index in [1.165, 1.54) is 38.4 Å². The lowest BCUT2D eigenvalue weighted by Crippen LogP contribution is -2.50. The number of hydrogen-bond acceptors (Lipinski definition) is 3. The molecule has 0 amide bonds. The Bertz CT molecular complexity index is 690. The summed E-state index contributed by atoms with van der Waals surface area (Å²) < 4.78 is 5.07. The molecule has 26 heavy (non-hydrogen) atoms. The van der Waals surface area contributed by atoms with Gasteiger partial charge in [-0.25, -0.2) is 0 Å². The first-order valence-electron chi connectivity index (χ1n) is 10.3. The van der Waals surface area contributed by atoms with Crippen LogP contribution in [-0.4, -0.2) is 18.9 Å². The zero-order valence-corrected chi connectivity index (χ0v) is 16.6. The van der Waals surface area contributed by atoms with Gasteiger partial charge in [0, 0.05) is 5.41 Å². The van der Waals surface area contributed by atoms with Gasteiger partial charge in [0.1, 0.15) is 0 Å². The van der Waals surface area contributed by atoms with Crippen molar-refractivity contribution in [3.05, 3.63) is 23.8 Å². The highest BCUT2D eigenvalue weighted by atomic mass is 16.5. The van der Waals surface area contributed by atoms with Crippen LogP contribution in [0.15, 0.2) is 23.8 Å². The number of carbonyl (C=O) groups is 2. The van der Waals surface area contributed by atoms with Gasteiger partial charge in [-0.3, -0.25) is 9.59 Å². The SMILES string of the molecule is COC(=O)[C@@H](C)[C@H]1CC[C@H]2[C@@H]3CCC4=CC(=O)C=C[C@]4(C)[C@H]3CC[C@]12C. The standard InChI is InChI=1S/C23H32O3/c1-14(21(25)26-4)18-7-8-19-17-6-5-15-13-16(24)9-11-22(15,2)20(17)10-12-23(18,19)3/h9,11,13-14,17-20H,5-8,10,12H2,1-4H3/t14-,17-,18+,19-,20-,22-,23+/m0/s1. The second-order valence-electron chi connectivity index (χ2n) is 9.64. The molecule has 0 heterocycles. The number of methoxy groups -OCH3 is 1. The van der Waals surface area contributed by atoms with Crippen LogP contribution in [0.1, 0.15) is 59.3 Å². The van der Waals surface area contributed by atoms with E-state index in [4.69, 9.17) is 4.74 Å². The summed E-state index contributed by atoms with van der Waals surface area (Å²) in [6, 6.07) is 0. The van der Waals surface area contributed by atoms with E-state index >= 15 is 0 Å². The quantitative estimate of drug-likeness (QED) is 0.673. The van der Waals surface area contributed by atoms with Crippen LogP contribution < -0.4 is 0 Å². The van der Waals surface area contributed by atoms with Gasteiger partial charge in [0.25, 0.3) is 0 Å². The van der Waals surface area contributed by atoms with E-state index < -0.39 is 0 Å². The summed E-state index contributed by atoms with van der Waals surface area (Å²) in [6.45, 7) is 6.86. The molecule has 0 aliphatic heterocycles. The number of allylic oxidation sites excluding steroid dienone is 4. The minimum absolute atomic E-state index is 0.00613. The molecule has 7 atom stereocenters. The third kappa shape index (κ3) is 2.38. The maximum absolute atomic E-state index is 12.2. The lowest BCUT2D eigenvalue weighted by atomic mass is 9.47. The van der Waals surface area contributed by atoms with Crippen LogP contribution in [-0.2, 0) is 14.3 Å². The number of hydrogen-bond donors (Lipinski definition) is 0. The second-order valence-corrected chi connectivity index (χ2v) is 9.64. The predicted molar refractivity (Wildman–Crippen MR) is 101 cm³/mol. The Morgan fingerprint density at radius 2 is 1.96 bits per heavy atom. The Labute approximate surface area is 157 Å². The number of esters is 1. The van der Waals surface area contributed by atoms with Gasteiger partial charge in [0.2, 0.25) is 0 Å². The fourth-order valence-corrected chi connectivity index (χ4v) is 7.41. The molecular weight excluding hydrogens is 324 g/mol. The van der Waals surface area contributed by atoms with Crippen molar-refractivity contribution in [1.29, 1.82) is 0 Å². The normalized spacial score (nSPS) is 45.2. The minimum Gasteiger partial charge on any atom is -0.469 e. The molecule has 4 aliphatic carbocycles. The molecule has 4 rings (SSSR count). The zero-order valence-electron chi connectivity index (χ0n) is 16.6. The van der Waals surface area contributed by atoms with Gasteiger partial charge in [-0.2, -0.15) is 0 Å². The summed E-state index contributed by atoms with van der Waals surface area (Å²) in [5.74, 6) is 2.59. The fourth-order valence-electron chi connectivity index (χ4n) is 7.41. The first-order chi connectivity index (χ1) is 12.3. The van der Waals surface area contributed by atoms with Crippen LogP contribution in [0.3, 0.4) is 0 Å². The number of rotatable bonds is 2. The average molecular weight is 357 g/mol. The maximum Gasteiger partial charge on any atom is 0.308 e. The molecule has 0 aromatic carbocycles. The molecule has 0 saturated heterocycles. The third-order valence-corrected chi connectivity index (χ3v) is 8.81. The summed E-state index contributed by atoms with van der Waals surface area (Å²) in [4.78, 5) is 24.1. The predicted octanol–water partition coefficient (Wildman–Crippen LogP) is 4.72. The lowest BCUT2D eigenvalue weighted by molar-refractivity contribution is -0.149. The van der Waals surface area contributed by atoms with E-state index in [9.17, 15) is 9.59 Å². The van der Waals surface area contributed by atoms with Crippen LogP contribution in [0, 0.1) is 40.4 Å². The molecule has 4 aliphatic rings. The third-order valence-electron chi connectivity index (χ3n) is 8.81. The van der Waals surface area contributed by atoms with Crippen molar-refractivity contribution in [3.63, 3.8) is 0 Å². The number of carbonyl (C=O) groups excluding carboxylic acids is 2. The summed E-state index contributed by atoms with van der Waals surface area (Å²) in [5, 5.41) is 0. The number of fused-ring (bicyclic) bond motifs is 5. The van der Waals surface area contributed by atoms with Crippen molar-refractivity contribution in [2.75, 3.05) is 7.11 Å². The van der Waals surface area contributed by atoms with Crippen molar-refractivity contribution in [2.45, 2.75) is 59.3 Å². The Morgan fingerprint density at radius 1 is 1.19 bits per heavy atom. The van der Waals surface area contributed by atoms with Crippen LogP contribution in [0.4, 0.5) is 0 Å². The number of ketones is 1. The molecule has 0 aromatic rings. The van der Waals surface area contributed by atoms with Crippen molar-refractivity contribution in [2.24, 2.45) is 40.4 Å². The van der Waals surface area contributed by atoms with Crippen molar-refractivity contribution in [3.8, 4) is 0 Å². The van der Waals surface area contributed by atoms with E-state index in [-0.39, 0.29) is 28.5 Å². The van der Waals surface area contributed by atoms with Crippen LogP contribution in [0.5, 0.6) is 0 Å². The van der Waals surface area contributed by atoms with E-state index in [1.807, 2.05) is 6.08 Å². The van der Waals surface area contributed by atoms with Gasteiger partial charge in [-0.15, -0.1) is 0 Å². The summed E-state index contributed by atoms with van der Waals surface area (Å²) >= 11 is 0. The molecule has 3 fully saturated rings. The Morgan fingerprint density at radius 3 is 2.69 bits per heavy atom. The zero-order chi connectivity index (χ0) is 18.7. The molecule has 3 nitrogen and oxygen atoms in total. The topological polar surface area (TPSA) is 43.4 Å². The molecule has 0 aromatic heterocycles. The summed E-state index contributed by atoms with van der Waals surface area (Å²) in [6.07, 6.45) is 12.9. The van der Waals surface area contributed by atoms with E-state index in [2.05, 4.69) is 26.8 Å². The second kappa shape index (κ2) is 6.07. The van der Waals surface area contributed by atoms with Gasteiger partial charge in [-0.1, -0.05) is 32.4 Å². The fraction of sp³-hybridized carbons (Fsp3) is 0.739. The molecule has 0 unspecified atom stereocenters.